The van der Waals surface area contributed by atoms with Crippen LogP contribution in [-0.4, -0.2) is 28.7 Å². The summed E-state index contributed by atoms with van der Waals surface area (Å²) in [5.74, 6) is -0.429. The molecule has 1 aliphatic heterocycles. The van der Waals surface area contributed by atoms with Gasteiger partial charge in [0.25, 0.3) is 5.56 Å². The number of carboxylic acids is 1. The minimum atomic E-state index is -1.05. The Labute approximate surface area is 260 Å². The highest BCUT2D eigenvalue weighted by atomic mass is 35.5. The zero-order valence-electron chi connectivity index (χ0n) is 24.3. The third kappa shape index (κ3) is 4.83. The Morgan fingerprint density at radius 2 is 1.45 bits per heavy atom. The van der Waals surface area contributed by atoms with Gasteiger partial charge in [-0.05, 0) is 57.1 Å². The number of nitrogens with zero attached hydrogens (tertiary/aromatic N) is 2. The van der Waals surface area contributed by atoms with Crippen LogP contribution in [0.1, 0.15) is 28.3 Å². The standard InChI is InChI=1S/C38H31ClN2O3/c1-24-9-6-16-29(21-24)34-32(22-28-15-8-13-26-11-3-5-18-31(26)28)35(39)37(42)41-33(38(43)44)23-40(36(34)41)20-19-27-14-7-12-25-10-2-4-17-30(25)27/h2-18,21,33H,19-20,22-23H2,1H3,(H,43,44). The van der Waals surface area contributed by atoms with Gasteiger partial charge in [-0.1, -0.05) is 126 Å². The fourth-order valence-corrected chi connectivity index (χ4v) is 6.98. The summed E-state index contributed by atoms with van der Waals surface area (Å²) in [6.07, 6.45) is 1.12. The van der Waals surface area contributed by atoms with Crippen LogP contribution < -0.4 is 10.5 Å². The molecular weight excluding hydrogens is 568 g/mol. The maximum atomic E-state index is 14.0. The number of rotatable bonds is 7. The molecule has 1 N–H and O–H groups in total. The highest BCUT2D eigenvalue weighted by Gasteiger charge is 2.38. The van der Waals surface area contributed by atoms with Crippen LogP contribution in [-0.2, 0) is 17.6 Å². The number of carboxylic acid groups (broad SMARTS) is 1. The van der Waals surface area contributed by atoms with E-state index in [1.165, 1.54) is 15.5 Å². The molecule has 44 heavy (non-hydrogen) atoms. The predicted molar refractivity (Wildman–Crippen MR) is 179 cm³/mol. The van der Waals surface area contributed by atoms with Crippen LogP contribution in [0.5, 0.6) is 0 Å². The van der Waals surface area contributed by atoms with Gasteiger partial charge in [-0.3, -0.25) is 9.36 Å². The number of halogens is 1. The van der Waals surface area contributed by atoms with E-state index in [0.29, 0.717) is 30.8 Å². The van der Waals surface area contributed by atoms with Crippen LogP contribution >= 0.6 is 11.6 Å². The van der Waals surface area contributed by atoms with Gasteiger partial charge in [0.15, 0.2) is 6.04 Å². The molecule has 218 valence electrons. The fraction of sp³-hybridized carbons (Fsp3) is 0.158. The number of aryl methyl sites for hydroxylation is 1. The number of hydrogen-bond acceptors (Lipinski definition) is 3. The molecule has 0 fully saturated rings. The monoisotopic (exact) mass is 598 g/mol. The number of pyridine rings is 1. The molecule has 1 atom stereocenters. The van der Waals surface area contributed by atoms with Crippen LogP contribution in [0.25, 0.3) is 32.7 Å². The molecule has 0 spiro atoms. The van der Waals surface area contributed by atoms with Crippen molar-refractivity contribution >= 4 is 44.9 Å². The van der Waals surface area contributed by atoms with Crippen molar-refractivity contribution in [1.29, 1.82) is 0 Å². The van der Waals surface area contributed by atoms with Gasteiger partial charge in [0, 0.05) is 18.5 Å². The number of anilines is 1. The molecule has 0 saturated carbocycles. The second kappa shape index (κ2) is 11.3. The predicted octanol–water partition coefficient (Wildman–Crippen LogP) is 8.06. The molecule has 6 heteroatoms. The third-order valence-corrected chi connectivity index (χ3v) is 9.19. The summed E-state index contributed by atoms with van der Waals surface area (Å²) in [6.45, 7) is 2.76. The number of aliphatic carboxylic acids is 1. The van der Waals surface area contributed by atoms with Crippen molar-refractivity contribution in [3.63, 3.8) is 0 Å². The van der Waals surface area contributed by atoms with Gasteiger partial charge in [-0.2, -0.15) is 0 Å². The number of hydrogen-bond donors (Lipinski definition) is 1. The molecule has 5 nitrogen and oxygen atoms in total. The van der Waals surface area contributed by atoms with Gasteiger partial charge in [0.05, 0.1) is 6.54 Å². The topological polar surface area (TPSA) is 62.5 Å². The van der Waals surface area contributed by atoms with E-state index in [1.807, 2.05) is 55.5 Å². The highest BCUT2D eigenvalue weighted by Crippen LogP contribution is 2.43. The van der Waals surface area contributed by atoms with E-state index in [2.05, 4.69) is 65.6 Å². The normalized spacial score (nSPS) is 14.3. The maximum absolute atomic E-state index is 14.0. The minimum Gasteiger partial charge on any atom is -0.480 e. The van der Waals surface area contributed by atoms with E-state index in [4.69, 9.17) is 11.6 Å². The molecule has 0 aliphatic carbocycles. The van der Waals surface area contributed by atoms with E-state index in [1.54, 1.807) is 0 Å². The van der Waals surface area contributed by atoms with E-state index < -0.39 is 17.6 Å². The Hall–Kier alpha value is -4.87. The van der Waals surface area contributed by atoms with Crippen LogP contribution in [0.2, 0.25) is 5.02 Å². The first-order chi connectivity index (χ1) is 21.4. The summed E-state index contributed by atoms with van der Waals surface area (Å²) in [5.41, 5.74) is 5.27. The first kappa shape index (κ1) is 27.9. The van der Waals surface area contributed by atoms with Crippen molar-refractivity contribution in [2.75, 3.05) is 18.0 Å². The van der Waals surface area contributed by atoms with Crippen molar-refractivity contribution < 1.29 is 9.90 Å². The Bertz CT molecular complexity index is 2120. The summed E-state index contributed by atoms with van der Waals surface area (Å²) < 4.78 is 1.41. The van der Waals surface area contributed by atoms with Gasteiger partial charge in [0.1, 0.15) is 10.8 Å². The zero-order chi connectivity index (χ0) is 30.4. The number of fused-ring (bicyclic) bond motifs is 3. The molecule has 0 radical (unpaired) electrons. The van der Waals surface area contributed by atoms with Gasteiger partial charge >= 0.3 is 5.97 Å². The molecule has 1 unspecified atom stereocenters. The first-order valence-electron chi connectivity index (χ1n) is 14.9. The van der Waals surface area contributed by atoms with Crippen molar-refractivity contribution in [1.82, 2.24) is 4.57 Å². The molecule has 1 aromatic heterocycles. The lowest BCUT2D eigenvalue weighted by atomic mass is 9.92. The summed E-state index contributed by atoms with van der Waals surface area (Å²) in [6, 6.07) is 36.0. The Balaban J connectivity index is 1.43. The average Bonchev–Trinajstić information content (AvgIpc) is 3.42. The molecular formula is C38H31ClN2O3. The Kier molecular flexibility index (Phi) is 7.19. The zero-order valence-corrected chi connectivity index (χ0v) is 25.1. The Morgan fingerprint density at radius 3 is 2.14 bits per heavy atom. The number of carbonyl (C=O) groups is 1. The van der Waals surface area contributed by atoms with E-state index in [9.17, 15) is 14.7 Å². The van der Waals surface area contributed by atoms with Crippen molar-refractivity contribution in [2.24, 2.45) is 0 Å². The number of benzene rings is 5. The largest absolute Gasteiger partial charge is 0.480 e. The molecule has 2 heterocycles. The third-order valence-electron chi connectivity index (χ3n) is 8.80. The lowest BCUT2D eigenvalue weighted by molar-refractivity contribution is -0.140. The second-order valence-corrected chi connectivity index (χ2v) is 11.9. The molecule has 6 aromatic rings. The SMILES string of the molecule is Cc1cccc(-c2c(Cc3cccc4ccccc34)c(Cl)c(=O)n3c2N(CCc2cccc4ccccc24)CC3C(=O)O)c1. The molecule has 0 bridgehead atoms. The first-order valence-corrected chi connectivity index (χ1v) is 15.2. The molecule has 0 saturated heterocycles. The summed E-state index contributed by atoms with van der Waals surface area (Å²) in [7, 11) is 0. The molecule has 5 aromatic carbocycles. The van der Waals surface area contributed by atoms with Crippen LogP contribution in [0.15, 0.2) is 114 Å². The van der Waals surface area contributed by atoms with Crippen LogP contribution in [0.4, 0.5) is 5.82 Å². The number of aromatic nitrogens is 1. The maximum Gasteiger partial charge on any atom is 0.328 e. The molecule has 1 aliphatic rings. The van der Waals surface area contributed by atoms with E-state index in [0.717, 1.165) is 38.4 Å². The second-order valence-electron chi connectivity index (χ2n) is 11.5. The van der Waals surface area contributed by atoms with E-state index >= 15 is 0 Å². The van der Waals surface area contributed by atoms with E-state index in [-0.39, 0.29) is 11.6 Å². The fourth-order valence-electron chi connectivity index (χ4n) is 6.73. The summed E-state index contributed by atoms with van der Waals surface area (Å²) in [5, 5.41) is 14.9. The molecule has 7 rings (SSSR count). The van der Waals surface area contributed by atoms with Gasteiger partial charge < -0.3 is 10.0 Å². The Morgan fingerprint density at radius 1 is 0.841 bits per heavy atom. The highest BCUT2D eigenvalue weighted by molar-refractivity contribution is 6.32. The minimum absolute atomic E-state index is 0.0698. The smallest absolute Gasteiger partial charge is 0.328 e. The molecule has 0 amide bonds. The quantitative estimate of drug-likeness (QED) is 0.202. The van der Waals surface area contributed by atoms with Gasteiger partial charge in [-0.15, -0.1) is 0 Å². The lowest BCUT2D eigenvalue weighted by Crippen LogP contribution is -2.29. The average molecular weight is 599 g/mol. The van der Waals surface area contributed by atoms with Crippen LogP contribution in [0.3, 0.4) is 0 Å². The summed E-state index contributed by atoms with van der Waals surface area (Å²) >= 11 is 6.98. The van der Waals surface area contributed by atoms with Gasteiger partial charge in [0.2, 0.25) is 0 Å². The van der Waals surface area contributed by atoms with Crippen molar-refractivity contribution in [3.8, 4) is 11.1 Å². The van der Waals surface area contributed by atoms with Crippen LogP contribution in [0, 0.1) is 6.92 Å². The van der Waals surface area contributed by atoms with Gasteiger partial charge in [-0.25, -0.2) is 4.79 Å². The van der Waals surface area contributed by atoms with Crippen molar-refractivity contribution in [2.45, 2.75) is 25.8 Å². The lowest BCUT2D eigenvalue weighted by Gasteiger charge is -2.25. The van der Waals surface area contributed by atoms with Crippen molar-refractivity contribution in [3.05, 3.63) is 147 Å². The summed E-state index contributed by atoms with van der Waals surface area (Å²) in [4.78, 5) is 28.7.